The molecule has 0 radical (unpaired) electrons. The van der Waals surface area contributed by atoms with Gasteiger partial charge in [0.15, 0.2) is 0 Å². The standard InChI is InChI=1S/C13H17N3O2/c1-2-18-12-5-3-11(4-6-12)16-13(17)9-10(15-16)7-8-14/h3-6H,2,7-9,14H2,1H3. The number of hydrazone groups is 1. The van der Waals surface area contributed by atoms with Gasteiger partial charge in [-0.2, -0.15) is 5.10 Å². The summed E-state index contributed by atoms with van der Waals surface area (Å²) in [6.07, 6.45) is 1.03. The summed E-state index contributed by atoms with van der Waals surface area (Å²) in [5.41, 5.74) is 7.07. The molecule has 2 N–H and O–H groups in total. The summed E-state index contributed by atoms with van der Waals surface area (Å²) in [5, 5.41) is 5.72. The molecular weight excluding hydrogens is 230 g/mol. The van der Waals surface area contributed by atoms with Crippen molar-refractivity contribution in [1.29, 1.82) is 0 Å². The molecular formula is C13H17N3O2. The van der Waals surface area contributed by atoms with Crippen molar-refractivity contribution in [3.8, 4) is 5.75 Å². The molecule has 0 bridgehead atoms. The van der Waals surface area contributed by atoms with Crippen LogP contribution >= 0.6 is 0 Å². The highest BCUT2D eigenvalue weighted by Crippen LogP contribution is 2.23. The first-order chi connectivity index (χ1) is 8.74. The lowest BCUT2D eigenvalue weighted by Gasteiger charge is -2.12. The Labute approximate surface area is 106 Å². The average Bonchev–Trinajstić information content (AvgIpc) is 2.72. The smallest absolute Gasteiger partial charge is 0.253 e. The van der Waals surface area contributed by atoms with Gasteiger partial charge in [0.1, 0.15) is 5.75 Å². The van der Waals surface area contributed by atoms with E-state index in [9.17, 15) is 4.79 Å². The van der Waals surface area contributed by atoms with Gasteiger partial charge >= 0.3 is 0 Å². The minimum absolute atomic E-state index is 0.0115. The van der Waals surface area contributed by atoms with Gasteiger partial charge in [0, 0.05) is 12.1 Å². The fourth-order valence-electron chi connectivity index (χ4n) is 1.84. The van der Waals surface area contributed by atoms with E-state index in [1.807, 2.05) is 31.2 Å². The number of rotatable bonds is 5. The van der Waals surface area contributed by atoms with Gasteiger partial charge in [-0.05, 0) is 37.7 Å². The van der Waals surface area contributed by atoms with E-state index in [4.69, 9.17) is 10.5 Å². The van der Waals surface area contributed by atoms with Crippen molar-refractivity contribution in [1.82, 2.24) is 0 Å². The van der Waals surface area contributed by atoms with Crippen LogP contribution in [0.2, 0.25) is 0 Å². The predicted molar refractivity (Wildman–Crippen MR) is 70.8 cm³/mol. The van der Waals surface area contributed by atoms with Crippen LogP contribution in [0.15, 0.2) is 29.4 Å². The van der Waals surface area contributed by atoms with Crippen molar-refractivity contribution >= 4 is 17.3 Å². The quantitative estimate of drug-likeness (QED) is 0.857. The first kappa shape index (κ1) is 12.6. The number of carbonyl (C=O) groups excluding carboxylic acids is 1. The number of amides is 1. The monoisotopic (exact) mass is 247 g/mol. The van der Waals surface area contributed by atoms with Gasteiger partial charge in [-0.1, -0.05) is 0 Å². The molecule has 18 heavy (non-hydrogen) atoms. The second-order valence-electron chi connectivity index (χ2n) is 4.01. The minimum atomic E-state index is -0.0115. The van der Waals surface area contributed by atoms with Crippen LogP contribution in [0.3, 0.4) is 0 Å². The van der Waals surface area contributed by atoms with Gasteiger partial charge in [0.25, 0.3) is 5.91 Å². The molecule has 1 aliphatic rings. The molecule has 1 aliphatic heterocycles. The predicted octanol–water partition coefficient (Wildman–Crippen LogP) is 1.53. The van der Waals surface area contributed by atoms with E-state index in [1.54, 1.807) is 0 Å². The Morgan fingerprint density at radius 3 is 2.72 bits per heavy atom. The Hall–Kier alpha value is -1.88. The van der Waals surface area contributed by atoms with E-state index in [0.717, 1.165) is 17.1 Å². The fraction of sp³-hybridized carbons (Fsp3) is 0.385. The molecule has 5 nitrogen and oxygen atoms in total. The highest BCUT2D eigenvalue weighted by atomic mass is 16.5. The topological polar surface area (TPSA) is 67.9 Å². The van der Waals surface area contributed by atoms with Crippen LogP contribution in [0.25, 0.3) is 0 Å². The summed E-state index contributed by atoms with van der Waals surface area (Å²) >= 11 is 0. The highest BCUT2D eigenvalue weighted by Gasteiger charge is 2.24. The molecule has 0 fully saturated rings. The average molecular weight is 247 g/mol. The van der Waals surface area contributed by atoms with Crippen LogP contribution in [-0.4, -0.2) is 24.8 Å². The van der Waals surface area contributed by atoms with Gasteiger partial charge in [-0.3, -0.25) is 4.79 Å². The molecule has 0 aliphatic carbocycles. The lowest BCUT2D eigenvalue weighted by atomic mass is 10.2. The maximum absolute atomic E-state index is 11.8. The number of ether oxygens (including phenoxy) is 1. The third kappa shape index (κ3) is 2.68. The van der Waals surface area contributed by atoms with Crippen LogP contribution in [0.5, 0.6) is 5.75 Å². The third-order valence-electron chi connectivity index (χ3n) is 2.66. The van der Waals surface area contributed by atoms with Crippen molar-refractivity contribution in [2.45, 2.75) is 19.8 Å². The van der Waals surface area contributed by atoms with Gasteiger partial charge in [0.05, 0.1) is 18.7 Å². The molecule has 0 aromatic heterocycles. The van der Waals surface area contributed by atoms with E-state index in [0.29, 0.717) is 26.0 Å². The third-order valence-corrected chi connectivity index (χ3v) is 2.66. The number of anilines is 1. The zero-order valence-corrected chi connectivity index (χ0v) is 10.4. The second-order valence-corrected chi connectivity index (χ2v) is 4.01. The summed E-state index contributed by atoms with van der Waals surface area (Å²) < 4.78 is 5.35. The van der Waals surface area contributed by atoms with Crippen LogP contribution in [0.1, 0.15) is 19.8 Å². The van der Waals surface area contributed by atoms with E-state index >= 15 is 0 Å². The molecule has 0 spiro atoms. The van der Waals surface area contributed by atoms with Crippen molar-refractivity contribution in [2.75, 3.05) is 18.2 Å². The number of nitrogens with zero attached hydrogens (tertiary/aromatic N) is 2. The lowest BCUT2D eigenvalue weighted by Crippen LogP contribution is -2.19. The number of hydrogen-bond donors (Lipinski definition) is 1. The Bertz CT molecular complexity index is 454. The maximum Gasteiger partial charge on any atom is 0.253 e. The minimum Gasteiger partial charge on any atom is -0.494 e. The lowest BCUT2D eigenvalue weighted by molar-refractivity contribution is -0.116. The Kier molecular flexibility index (Phi) is 3.94. The van der Waals surface area contributed by atoms with Gasteiger partial charge in [-0.25, -0.2) is 5.01 Å². The van der Waals surface area contributed by atoms with Crippen molar-refractivity contribution in [3.63, 3.8) is 0 Å². The second kappa shape index (κ2) is 5.64. The summed E-state index contributed by atoms with van der Waals surface area (Å²) in [5.74, 6) is 0.779. The summed E-state index contributed by atoms with van der Waals surface area (Å²) in [6.45, 7) is 3.07. The Morgan fingerprint density at radius 2 is 2.11 bits per heavy atom. The summed E-state index contributed by atoms with van der Waals surface area (Å²) in [4.78, 5) is 11.8. The molecule has 0 unspecified atom stereocenters. The van der Waals surface area contributed by atoms with Crippen molar-refractivity contribution in [2.24, 2.45) is 10.8 Å². The first-order valence-electron chi connectivity index (χ1n) is 6.07. The Morgan fingerprint density at radius 1 is 1.39 bits per heavy atom. The van der Waals surface area contributed by atoms with Crippen molar-refractivity contribution in [3.05, 3.63) is 24.3 Å². The first-order valence-corrected chi connectivity index (χ1v) is 6.07. The van der Waals surface area contributed by atoms with Crippen LogP contribution < -0.4 is 15.5 Å². The van der Waals surface area contributed by atoms with Gasteiger partial charge in [0.2, 0.25) is 0 Å². The molecule has 0 saturated carbocycles. The van der Waals surface area contributed by atoms with Crippen molar-refractivity contribution < 1.29 is 9.53 Å². The highest BCUT2D eigenvalue weighted by molar-refractivity contribution is 6.13. The van der Waals surface area contributed by atoms with Crippen LogP contribution in [0.4, 0.5) is 5.69 Å². The van der Waals surface area contributed by atoms with E-state index in [-0.39, 0.29) is 5.91 Å². The maximum atomic E-state index is 11.8. The number of hydrogen-bond acceptors (Lipinski definition) is 4. The molecule has 1 aromatic carbocycles. The number of carbonyl (C=O) groups is 1. The zero-order chi connectivity index (χ0) is 13.0. The zero-order valence-electron chi connectivity index (χ0n) is 10.4. The van der Waals surface area contributed by atoms with Crippen LogP contribution in [0, 0.1) is 0 Å². The van der Waals surface area contributed by atoms with Gasteiger partial charge < -0.3 is 10.5 Å². The molecule has 5 heteroatoms. The summed E-state index contributed by atoms with van der Waals surface area (Å²) in [7, 11) is 0. The number of benzene rings is 1. The molecule has 1 aromatic rings. The SMILES string of the molecule is CCOc1ccc(N2N=C(CCN)CC2=O)cc1. The molecule has 1 heterocycles. The summed E-state index contributed by atoms with van der Waals surface area (Å²) in [6, 6.07) is 7.33. The van der Waals surface area contributed by atoms with E-state index in [2.05, 4.69) is 5.10 Å². The molecule has 1 amide bonds. The van der Waals surface area contributed by atoms with Gasteiger partial charge in [-0.15, -0.1) is 0 Å². The number of nitrogens with two attached hydrogens (primary N) is 1. The van der Waals surface area contributed by atoms with E-state index in [1.165, 1.54) is 5.01 Å². The molecule has 0 atom stereocenters. The largest absolute Gasteiger partial charge is 0.494 e. The van der Waals surface area contributed by atoms with Crippen LogP contribution in [-0.2, 0) is 4.79 Å². The molecule has 96 valence electrons. The molecule has 0 saturated heterocycles. The normalized spacial score (nSPS) is 14.9. The molecule has 2 rings (SSSR count). The van der Waals surface area contributed by atoms with E-state index < -0.39 is 0 Å². The fourth-order valence-corrected chi connectivity index (χ4v) is 1.84. The Balaban J connectivity index is 2.13.